The molecule has 6 nitrogen and oxygen atoms in total. The van der Waals surface area contributed by atoms with E-state index in [-0.39, 0.29) is 16.3 Å². The van der Waals surface area contributed by atoms with E-state index in [1.807, 2.05) is 0 Å². The van der Waals surface area contributed by atoms with Gasteiger partial charge in [0.05, 0.1) is 16.2 Å². The minimum absolute atomic E-state index is 0.0528. The molecule has 9 heteroatoms. The lowest BCUT2D eigenvalue weighted by Crippen LogP contribution is -2.17. The summed E-state index contributed by atoms with van der Waals surface area (Å²) in [6, 6.07) is 8.49. The molecule has 0 heterocycles. The highest BCUT2D eigenvalue weighted by molar-refractivity contribution is 6.36. The lowest BCUT2D eigenvalue weighted by atomic mass is 10.2. The van der Waals surface area contributed by atoms with E-state index >= 15 is 0 Å². The fraction of sp³-hybridized carbons (Fsp3) is 0. The van der Waals surface area contributed by atoms with Crippen LogP contribution in [-0.2, 0) is 0 Å². The Labute approximate surface area is 145 Å². The summed E-state index contributed by atoms with van der Waals surface area (Å²) in [5.74, 6) is -0.619. The van der Waals surface area contributed by atoms with Crippen molar-refractivity contribution in [1.29, 1.82) is 0 Å². The smallest absolute Gasteiger partial charge is 0.267 e. The third kappa shape index (κ3) is 4.41. The third-order valence-corrected chi connectivity index (χ3v) is 3.62. The molecule has 2 aromatic carbocycles. The molecule has 0 saturated heterocycles. The maximum absolute atomic E-state index is 11.9. The summed E-state index contributed by atoms with van der Waals surface area (Å²) < 4.78 is 0. The summed E-state index contributed by atoms with van der Waals surface area (Å²) in [5, 5.41) is 15.3. The summed E-state index contributed by atoms with van der Waals surface area (Å²) in [7, 11) is 0. The molecule has 0 aliphatic heterocycles. The Kier molecular flexibility index (Phi) is 5.54. The number of halogens is 3. The van der Waals surface area contributed by atoms with Gasteiger partial charge in [-0.15, -0.1) is 0 Å². The highest BCUT2D eigenvalue weighted by Crippen LogP contribution is 2.25. The number of nitro benzene ring substituents is 1. The summed E-state index contributed by atoms with van der Waals surface area (Å²) in [4.78, 5) is 22.0. The first-order chi connectivity index (χ1) is 10.9. The molecule has 0 radical (unpaired) electrons. The van der Waals surface area contributed by atoms with Crippen LogP contribution < -0.4 is 5.43 Å². The normalized spacial score (nSPS) is 10.7. The standard InChI is InChI=1S/C14H8Cl3N3O3/c15-10-3-1-9(12(17)6-10)7-18-19-14(21)8-2-4-11(16)13(5-8)20(22)23/h1-7H,(H,19,21)/b18-7+. The Morgan fingerprint density at radius 3 is 2.52 bits per heavy atom. The van der Waals surface area contributed by atoms with Crippen molar-refractivity contribution in [1.82, 2.24) is 5.43 Å². The molecule has 0 aliphatic rings. The second-order valence-corrected chi connectivity index (χ2v) is 5.54. The maximum Gasteiger partial charge on any atom is 0.288 e. The summed E-state index contributed by atoms with van der Waals surface area (Å²) in [5.41, 5.74) is 2.50. The van der Waals surface area contributed by atoms with Crippen molar-refractivity contribution in [2.45, 2.75) is 0 Å². The highest BCUT2D eigenvalue weighted by Gasteiger charge is 2.15. The van der Waals surface area contributed by atoms with E-state index in [0.717, 1.165) is 6.07 Å². The molecule has 2 rings (SSSR count). The predicted octanol–water partition coefficient (Wildman–Crippen LogP) is 4.32. The second kappa shape index (κ2) is 7.41. The number of nitrogens with one attached hydrogen (secondary N) is 1. The van der Waals surface area contributed by atoms with Crippen LogP contribution in [0.3, 0.4) is 0 Å². The van der Waals surface area contributed by atoms with Crippen LogP contribution in [0.25, 0.3) is 0 Å². The van der Waals surface area contributed by atoms with Gasteiger partial charge >= 0.3 is 0 Å². The summed E-state index contributed by atoms with van der Waals surface area (Å²) in [6.07, 6.45) is 1.33. The van der Waals surface area contributed by atoms with Crippen molar-refractivity contribution in [3.63, 3.8) is 0 Å². The van der Waals surface area contributed by atoms with Gasteiger partial charge in [0.1, 0.15) is 5.02 Å². The Morgan fingerprint density at radius 2 is 1.87 bits per heavy atom. The van der Waals surface area contributed by atoms with Gasteiger partial charge in [0, 0.05) is 22.2 Å². The quantitative estimate of drug-likeness (QED) is 0.493. The number of nitrogens with zero attached hydrogens (tertiary/aromatic N) is 2. The van der Waals surface area contributed by atoms with Gasteiger partial charge in [-0.05, 0) is 24.3 Å². The molecule has 0 saturated carbocycles. The van der Waals surface area contributed by atoms with Gasteiger partial charge in [0.15, 0.2) is 0 Å². The SMILES string of the molecule is O=C(N/N=C/c1ccc(Cl)cc1Cl)c1ccc(Cl)c([N+](=O)[O-])c1. The zero-order chi connectivity index (χ0) is 17.0. The van der Waals surface area contributed by atoms with Gasteiger partial charge in [0.2, 0.25) is 0 Å². The van der Waals surface area contributed by atoms with Gasteiger partial charge in [-0.1, -0.05) is 40.9 Å². The molecular weight excluding hydrogens is 365 g/mol. The fourth-order valence-corrected chi connectivity index (χ4v) is 2.27. The predicted molar refractivity (Wildman–Crippen MR) is 89.6 cm³/mol. The second-order valence-electron chi connectivity index (χ2n) is 4.29. The van der Waals surface area contributed by atoms with E-state index in [4.69, 9.17) is 34.8 Å². The number of rotatable bonds is 4. The van der Waals surface area contributed by atoms with Gasteiger partial charge in [-0.2, -0.15) is 5.10 Å². The number of hydrazone groups is 1. The average molecular weight is 373 g/mol. The van der Waals surface area contributed by atoms with Crippen molar-refractivity contribution in [2.24, 2.45) is 5.10 Å². The van der Waals surface area contributed by atoms with Crippen LogP contribution in [0.2, 0.25) is 15.1 Å². The van der Waals surface area contributed by atoms with Crippen molar-refractivity contribution < 1.29 is 9.72 Å². The fourth-order valence-electron chi connectivity index (χ4n) is 1.63. The van der Waals surface area contributed by atoms with Crippen molar-refractivity contribution >= 4 is 52.6 Å². The van der Waals surface area contributed by atoms with Crippen molar-refractivity contribution in [2.75, 3.05) is 0 Å². The molecule has 0 aromatic heterocycles. The van der Waals surface area contributed by atoms with Crippen LogP contribution >= 0.6 is 34.8 Å². The number of carbonyl (C=O) groups excluding carboxylic acids is 1. The zero-order valence-electron chi connectivity index (χ0n) is 11.3. The lowest BCUT2D eigenvalue weighted by Gasteiger charge is -2.02. The summed E-state index contributed by atoms with van der Waals surface area (Å²) in [6.45, 7) is 0. The Morgan fingerprint density at radius 1 is 1.13 bits per heavy atom. The van der Waals surface area contributed by atoms with Crippen molar-refractivity contribution in [3.8, 4) is 0 Å². The van der Waals surface area contributed by atoms with E-state index < -0.39 is 10.8 Å². The van der Waals surface area contributed by atoms with Gasteiger partial charge in [0.25, 0.3) is 11.6 Å². The minimum Gasteiger partial charge on any atom is -0.267 e. The van der Waals surface area contributed by atoms with Crippen LogP contribution in [-0.4, -0.2) is 17.0 Å². The van der Waals surface area contributed by atoms with E-state index in [9.17, 15) is 14.9 Å². The van der Waals surface area contributed by atoms with Crippen LogP contribution in [0.1, 0.15) is 15.9 Å². The van der Waals surface area contributed by atoms with Gasteiger partial charge < -0.3 is 0 Å². The van der Waals surface area contributed by atoms with Crippen LogP contribution in [0.15, 0.2) is 41.5 Å². The lowest BCUT2D eigenvalue weighted by molar-refractivity contribution is -0.384. The highest BCUT2D eigenvalue weighted by atomic mass is 35.5. The first-order valence-corrected chi connectivity index (χ1v) is 7.24. The molecule has 0 atom stereocenters. The Bertz CT molecular complexity index is 809. The van der Waals surface area contributed by atoms with Crippen molar-refractivity contribution in [3.05, 3.63) is 72.7 Å². The van der Waals surface area contributed by atoms with E-state index in [2.05, 4.69) is 10.5 Å². The largest absolute Gasteiger partial charge is 0.288 e. The topological polar surface area (TPSA) is 84.6 Å². The van der Waals surface area contributed by atoms with E-state index in [1.54, 1.807) is 12.1 Å². The van der Waals surface area contributed by atoms with E-state index in [1.165, 1.54) is 24.4 Å². The van der Waals surface area contributed by atoms with Gasteiger partial charge in [-0.3, -0.25) is 14.9 Å². The first kappa shape index (κ1) is 17.2. The minimum atomic E-state index is -0.671. The Hall–Kier alpha value is -2.15. The maximum atomic E-state index is 11.9. The number of hydrogen-bond acceptors (Lipinski definition) is 4. The average Bonchev–Trinajstić information content (AvgIpc) is 2.49. The van der Waals surface area contributed by atoms with Crippen LogP contribution in [0.4, 0.5) is 5.69 Å². The third-order valence-electron chi connectivity index (χ3n) is 2.74. The zero-order valence-corrected chi connectivity index (χ0v) is 13.6. The molecule has 1 amide bonds. The Balaban J connectivity index is 2.12. The molecule has 118 valence electrons. The number of amides is 1. The number of nitro groups is 1. The number of hydrogen-bond donors (Lipinski definition) is 1. The molecule has 2 aromatic rings. The molecule has 0 unspecified atom stereocenters. The molecular formula is C14H8Cl3N3O3. The monoisotopic (exact) mass is 371 g/mol. The first-order valence-electron chi connectivity index (χ1n) is 6.11. The number of benzene rings is 2. The number of carbonyl (C=O) groups is 1. The molecule has 0 fully saturated rings. The molecule has 0 aliphatic carbocycles. The summed E-state index contributed by atoms with van der Waals surface area (Å²) >= 11 is 17.4. The van der Waals surface area contributed by atoms with Crippen LogP contribution in [0, 0.1) is 10.1 Å². The van der Waals surface area contributed by atoms with Gasteiger partial charge in [-0.25, -0.2) is 5.43 Å². The molecule has 0 bridgehead atoms. The molecule has 1 N–H and O–H groups in total. The molecule has 23 heavy (non-hydrogen) atoms. The molecule has 0 spiro atoms. The van der Waals surface area contributed by atoms with Crippen LogP contribution in [0.5, 0.6) is 0 Å². The van der Waals surface area contributed by atoms with E-state index in [0.29, 0.717) is 15.6 Å².